The van der Waals surface area contributed by atoms with Crippen molar-refractivity contribution in [2.75, 3.05) is 6.61 Å². The highest BCUT2D eigenvalue weighted by Crippen LogP contribution is 2.24. The Morgan fingerprint density at radius 1 is 1.69 bits per heavy atom. The number of hydrogen-bond acceptors (Lipinski definition) is 5. The number of nitrogens with two attached hydrogens (primary N) is 1. The van der Waals surface area contributed by atoms with E-state index in [9.17, 15) is 13.2 Å². The standard InChI is InChI=1S/C9H12ClNO4S/c1-2-15-8(12)9(11)5-3-7(4-6-9)16(10,13)14/h3-5H,2,6,11H2,1H3. The largest absolute Gasteiger partial charge is 0.464 e. The van der Waals surface area contributed by atoms with E-state index in [1.807, 2.05) is 0 Å². The third-order valence-corrected chi connectivity index (χ3v) is 3.52. The first kappa shape index (κ1) is 13.2. The molecule has 1 aliphatic carbocycles. The lowest BCUT2D eigenvalue weighted by atomic mass is 9.93. The van der Waals surface area contributed by atoms with Crippen LogP contribution in [-0.4, -0.2) is 26.5 Å². The van der Waals surface area contributed by atoms with Gasteiger partial charge in [-0.05, 0) is 19.4 Å². The summed E-state index contributed by atoms with van der Waals surface area (Å²) < 4.78 is 26.7. The van der Waals surface area contributed by atoms with Crippen molar-refractivity contribution in [3.05, 3.63) is 23.1 Å². The van der Waals surface area contributed by atoms with Crippen molar-refractivity contribution in [1.29, 1.82) is 0 Å². The average Bonchev–Trinajstić information content (AvgIpc) is 2.17. The molecule has 0 saturated carbocycles. The van der Waals surface area contributed by atoms with Gasteiger partial charge in [-0.15, -0.1) is 0 Å². The molecule has 16 heavy (non-hydrogen) atoms. The summed E-state index contributed by atoms with van der Waals surface area (Å²) in [6, 6.07) is 0. The normalized spacial score (nSPS) is 25.1. The number of hydrogen-bond donors (Lipinski definition) is 1. The maximum Gasteiger partial charge on any atom is 0.330 e. The van der Waals surface area contributed by atoms with Gasteiger partial charge in [-0.1, -0.05) is 12.2 Å². The molecule has 0 spiro atoms. The fraction of sp³-hybridized carbons (Fsp3) is 0.444. The van der Waals surface area contributed by atoms with Gasteiger partial charge in [-0.3, -0.25) is 0 Å². The van der Waals surface area contributed by atoms with Crippen LogP contribution in [0.15, 0.2) is 23.1 Å². The van der Waals surface area contributed by atoms with Crippen LogP contribution < -0.4 is 5.73 Å². The van der Waals surface area contributed by atoms with Crippen LogP contribution in [0.2, 0.25) is 0 Å². The van der Waals surface area contributed by atoms with Crippen molar-refractivity contribution in [3.8, 4) is 0 Å². The molecule has 0 aromatic heterocycles. The van der Waals surface area contributed by atoms with Gasteiger partial charge in [0.25, 0.3) is 9.05 Å². The van der Waals surface area contributed by atoms with E-state index in [0.717, 1.165) is 0 Å². The SMILES string of the molecule is CCOC(=O)C1(N)C=CC(S(=O)(=O)Cl)=CC1. The number of esters is 1. The summed E-state index contributed by atoms with van der Waals surface area (Å²) in [5, 5.41) is 0. The number of ether oxygens (including phenoxy) is 1. The molecule has 1 atom stereocenters. The summed E-state index contributed by atoms with van der Waals surface area (Å²) in [6.45, 7) is 1.88. The van der Waals surface area contributed by atoms with Crippen LogP contribution in [0.1, 0.15) is 13.3 Å². The summed E-state index contributed by atoms with van der Waals surface area (Å²) in [5.74, 6) is -0.589. The maximum absolute atomic E-state index is 11.5. The predicted octanol–water partition coefficient (Wildman–Crippen LogP) is 0.659. The molecular weight excluding hydrogens is 254 g/mol. The first-order chi connectivity index (χ1) is 7.29. The van der Waals surface area contributed by atoms with Gasteiger partial charge in [-0.2, -0.15) is 0 Å². The van der Waals surface area contributed by atoms with Crippen LogP contribution in [0.25, 0.3) is 0 Å². The second-order valence-corrected chi connectivity index (χ2v) is 5.91. The molecule has 0 aromatic carbocycles. The Labute approximate surface area is 98.3 Å². The third-order valence-electron chi connectivity index (χ3n) is 2.12. The van der Waals surface area contributed by atoms with Gasteiger partial charge in [0, 0.05) is 10.7 Å². The summed E-state index contributed by atoms with van der Waals surface area (Å²) in [5.41, 5.74) is 4.45. The Bertz CT molecular complexity index is 454. The highest BCUT2D eigenvalue weighted by molar-refractivity contribution is 8.17. The first-order valence-electron chi connectivity index (χ1n) is 4.60. The molecule has 0 fully saturated rings. The zero-order valence-corrected chi connectivity index (χ0v) is 10.2. The van der Waals surface area contributed by atoms with Crippen molar-refractivity contribution in [2.24, 2.45) is 5.73 Å². The molecule has 0 amide bonds. The highest BCUT2D eigenvalue weighted by atomic mass is 35.7. The molecule has 1 rings (SSSR count). The van der Waals surface area contributed by atoms with Crippen LogP contribution in [0, 0.1) is 0 Å². The Hall–Kier alpha value is -0.850. The molecule has 0 bridgehead atoms. The van der Waals surface area contributed by atoms with Gasteiger partial charge >= 0.3 is 5.97 Å². The van der Waals surface area contributed by atoms with Gasteiger partial charge in [0.05, 0.1) is 11.5 Å². The second-order valence-electron chi connectivity index (χ2n) is 3.34. The maximum atomic E-state index is 11.5. The summed E-state index contributed by atoms with van der Waals surface area (Å²) in [7, 11) is 1.37. The molecule has 1 unspecified atom stereocenters. The monoisotopic (exact) mass is 265 g/mol. The minimum absolute atomic E-state index is 0.0453. The summed E-state index contributed by atoms with van der Waals surface area (Å²) >= 11 is 0. The van der Waals surface area contributed by atoms with E-state index in [0.29, 0.717) is 0 Å². The van der Waals surface area contributed by atoms with Crippen molar-refractivity contribution in [1.82, 2.24) is 0 Å². The zero-order chi connectivity index (χ0) is 12.4. The molecule has 0 saturated heterocycles. The lowest BCUT2D eigenvalue weighted by Crippen LogP contribution is -2.47. The summed E-state index contributed by atoms with van der Waals surface area (Å²) in [6.07, 6.45) is 3.85. The minimum atomic E-state index is -3.78. The Morgan fingerprint density at radius 2 is 2.31 bits per heavy atom. The third kappa shape index (κ3) is 2.84. The van der Waals surface area contributed by atoms with E-state index in [2.05, 4.69) is 0 Å². The van der Waals surface area contributed by atoms with Crippen LogP contribution in [-0.2, 0) is 18.6 Å². The van der Waals surface area contributed by atoms with E-state index in [1.165, 1.54) is 18.2 Å². The molecule has 0 aliphatic heterocycles. The quantitative estimate of drug-likeness (QED) is 0.598. The molecule has 0 aromatic rings. The Morgan fingerprint density at radius 3 is 2.69 bits per heavy atom. The molecule has 1 aliphatic rings. The smallest absolute Gasteiger partial charge is 0.330 e. The van der Waals surface area contributed by atoms with Gasteiger partial charge in [0.2, 0.25) is 0 Å². The van der Waals surface area contributed by atoms with Crippen LogP contribution in [0.4, 0.5) is 0 Å². The zero-order valence-electron chi connectivity index (χ0n) is 8.64. The highest BCUT2D eigenvalue weighted by Gasteiger charge is 2.34. The fourth-order valence-corrected chi connectivity index (χ4v) is 2.09. The van der Waals surface area contributed by atoms with Gasteiger partial charge < -0.3 is 10.5 Å². The van der Waals surface area contributed by atoms with Crippen LogP contribution in [0.5, 0.6) is 0 Å². The first-order valence-corrected chi connectivity index (χ1v) is 6.90. The number of halogens is 1. The lowest BCUT2D eigenvalue weighted by Gasteiger charge is -2.24. The minimum Gasteiger partial charge on any atom is -0.464 e. The van der Waals surface area contributed by atoms with Crippen LogP contribution in [0.3, 0.4) is 0 Å². The van der Waals surface area contributed by atoms with Crippen molar-refractivity contribution < 1.29 is 17.9 Å². The predicted molar refractivity (Wildman–Crippen MR) is 60.2 cm³/mol. The number of carbonyl (C=O) groups is 1. The average molecular weight is 266 g/mol. The second kappa shape index (κ2) is 4.57. The number of rotatable bonds is 3. The molecule has 90 valence electrons. The molecule has 0 heterocycles. The fourth-order valence-electron chi connectivity index (χ4n) is 1.23. The topological polar surface area (TPSA) is 86.5 Å². The molecular formula is C9H12ClNO4S. The van der Waals surface area contributed by atoms with Crippen LogP contribution >= 0.6 is 10.7 Å². The molecule has 0 radical (unpaired) electrons. The van der Waals surface area contributed by atoms with Gasteiger partial charge in [0.15, 0.2) is 0 Å². The molecule has 7 heteroatoms. The van der Waals surface area contributed by atoms with E-state index in [-0.39, 0.29) is 17.9 Å². The van der Waals surface area contributed by atoms with E-state index in [4.69, 9.17) is 21.2 Å². The lowest BCUT2D eigenvalue weighted by molar-refractivity contribution is -0.147. The van der Waals surface area contributed by atoms with Gasteiger partial charge in [0.1, 0.15) is 5.54 Å². The summed E-state index contributed by atoms with van der Waals surface area (Å²) in [4.78, 5) is 11.4. The van der Waals surface area contributed by atoms with Crippen molar-refractivity contribution in [3.63, 3.8) is 0 Å². The van der Waals surface area contributed by atoms with E-state index in [1.54, 1.807) is 6.92 Å². The molecule has 2 N–H and O–H groups in total. The van der Waals surface area contributed by atoms with E-state index >= 15 is 0 Å². The van der Waals surface area contributed by atoms with Crippen molar-refractivity contribution >= 4 is 25.7 Å². The number of carbonyl (C=O) groups excluding carboxylic acids is 1. The van der Waals surface area contributed by atoms with E-state index < -0.39 is 20.6 Å². The Balaban J connectivity index is 2.87. The van der Waals surface area contributed by atoms with Gasteiger partial charge in [-0.25, -0.2) is 13.2 Å². The number of allylic oxidation sites excluding steroid dienone is 1. The van der Waals surface area contributed by atoms with Crippen molar-refractivity contribution in [2.45, 2.75) is 18.9 Å². The Kier molecular flexibility index (Phi) is 3.77. The molecule has 5 nitrogen and oxygen atoms in total.